The molecule has 0 unspecified atom stereocenters. The van der Waals surface area contributed by atoms with Crippen LogP contribution in [0.1, 0.15) is 11.4 Å². The summed E-state index contributed by atoms with van der Waals surface area (Å²) in [4.78, 5) is 4.34. The Kier molecular flexibility index (Phi) is 2.56. The highest BCUT2D eigenvalue weighted by Gasteiger charge is 2.05. The van der Waals surface area contributed by atoms with Gasteiger partial charge in [0.05, 0.1) is 5.69 Å². The summed E-state index contributed by atoms with van der Waals surface area (Å²) in [7, 11) is 1.89. The quantitative estimate of drug-likeness (QED) is 0.807. The average molecular weight is 202 g/mol. The number of hydrogen-bond acceptors (Lipinski definition) is 2. The van der Waals surface area contributed by atoms with E-state index in [1.54, 1.807) is 0 Å². The Labute approximate surface area is 89.0 Å². The molecule has 0 aliphatic heterocycles. The van der Waals surface area contributed by atoms with Gasteiger partial charge in [0.1, 0.15) is 12.4 Å². The number of imidazole rings is 1. The fourth-order valence-corrected chi connectivity index (χ4v) is 1.52. The number of nitrogens with zero attached hydrogens (tertiary/aromatic N) is 2. The zero-order valence-electron chi connectivity index (χ0n) is 8.94. The third-order valence-corrected chi connectivity index (χ3v) is 2.46. The number of aliphatic hydroxyl groups excluding tert-OH is 1. The summed E-state index contributed by atoms with van der Waals surface area (Å²) in [6, 6.07) is 8.20. The van der Waals surface area contributed by atoms with Crippen LogP contribution in [0, 0.1) is 6.92 Å². The molecule has 0 bridgehead atoms. The minimum absolute atomic E-state index is 0.0254. The van der Waals surface area contributed by atoms with Crippen molar-refractivity contribution in [2.75, 3.05) is 0 Å². The van der Waals surface area contributed by atoms with Gasteiger partial charge in [-0.3, -0.25) is 0 Å². The maximum atomic E-state index is 9.04. The summed E-state index contributed by atoms with van der Waals surface area (Å²) in [5, 5.41) is 9.04. The predicted octanol–water partition coefficient (Wildman–Crippen LogP) is 1.89. The number of aromatic nitrogens is 2. The van der Waals surface area contributed by atoms with Crippen molar-refractivity contribution < 1.29 is 5.11 Å². The molecule has 1 heterocycles. The number of aryl methyl sites for hydroxylation is 2. The second kappa shape index (κ2) is 3.87. The second-order valence-electron chi connectivity index (χ2n) is 3.68. The molecule has 2 rings (SSSR count). The summed E-state index contributed by atoms with van der Waals surface area (Å²) in [5.74, 6) is 0.686. The van der Waals surface area contributed by atoms with E-state index in [1.165, 1.54) is 5.56 Å². The van der Waals surface area contributed by atoms with Crippen LogP contribution in [0.25, 0.3) is 11.3 Å². The van der Waals surface area contributed by atoms with Crippen molar-refractivity contribution in [2.24, 2.45) is 7.05 Å². The summed E-state index contributed by atoms with van der Waals surface area (Å²) in [5.41, 5.74) is 3.22. The maximum Gasteiger partial charge on any atom is 0.134 e. The molecule has 78 valence electrons. The van der Waals surface area contributed by atoms with E-state index in [2.05, 4.69) is 24.0 Å². The number of rotatable bonds is 2. The lowest BCUT2D eigenvalue weighted by Crippen LogP contribution is -1.94. The third-order valence-electron chi connectivity index (χ3n) is 2.46. The highest BCUT2D eigenvalue weighted by molar-refractivity contribution is 5.58. The van der Waals surface area contributed by atoms with Crippen LogP contribution >= 0.6 is 0 Å². The van der Waals surface area contributed by atoms with Gasteiger partial charge >= 0.3 is 0 Å². The van der Waals surface area contributed by atoms with E-state index < -0.39 is 0 Å². The molecule has 0 fully saturated rings. The van der Waals surface area contributed by atoms with Crippen LogP contribution in [0.2, 0.25) is 0 Å². The van der Waals surface area contributed by atoms with Gasteiger partial charge in [-0.25, -0.2) is 4.98 Å². The van der Waals surface area contributed by atoms with E-state index in [1.807, 2.05) is 29.9 Å². The molecule has 2 aromatic rings. The van der Waals surface area contributed by atoms with Crippen molar-refractivity contribution in [2.45, 2.75) is 13.5 Å². The molecule has 3 heteroatoms. The highest BCUT2D eigenvalue weighted by atomic mass is 16.3. The van der Waals surface area contributed by atoms with Gasteiger partial charge in [0.2, 0.25) is 0 Å². The number of aliphatic hydroxyl groups is 1. The van der Waals surface area contributed by atoms with Gasteiger partial charge in [-0.2, -0.15) is 0 Å². The van der Waals surface area contributed by atoms with Crippen LogP contribution in [0.3, 0.4) is 0 Å². The molecule has 0 saturated carbocycles. The first-order chi connectivity index (χ1) is 7.20. The Balaban J connectivity index is 2.41. The normalized spacial score (nSPS) is 10.6. The van der Waals surface area contributed by atoms with Gasteiger partial charge in [-0.15, -0.1) is 0 Å². The standard InChI is InChI=1S/C12H14N2O/c1-9-3-5-10(6-4-9)11-7-14(2)12(8-15)13-11/h3-7,15H,8H2,1-2H3. The van der Waals surface area contributed by atoms with Crippen LogP contribution < -0.4 is 0 Å². The SMILES string of the molecule is Cc1ccc(-c2cn(C)c(CO)n2)cc1. The van der Waals surface area contributed by atoms with E-state index in [0.717, 1.165) is 11.3 Å². The molecular weight excluding hydrogens is 188 g/mol. The van der Waals surface area contributed by atoms with Crippen molar-refractivity contribution in [1.29, 1.82) is 0 Å². The first kappa shape index (κ1) is 9.93. The van der Waals surface area contributed by atoms with Crippen LogP contribution in [0.5, 0.6) is 0 Å². The van der Waals surface area contributed by atoms with E-state index in [0.29, 0.717) is 5.82 Å². The van der Waals surface area contributed by atoms with Crippen molar-refractivity contribution in [3.05, 3.63) is 41.9 Å². The van der Waals surface area contributed by atoms with Crippen molar-refractivity contribution in [3.8, 4) is 11.3 Å². The molecule has 0 saturated heterocycles. The van der Waals surface area contributed by atoms with E-state index in [9.17, 15) is 0 Å². The number of benzene rings is 1. The van der Waals surface area contributed by atoms with Crippen molar-refractivity contribution in [3.63, 3.8) is 0 Å². The molecule has 0 radical (unpaired) electrons. The molecule has 0 aliphatic carbocycles. The first-order valence-corrected chi connectivity index (χ1v) is 4.91. The molecule has 1 aromatic heterocycles. The zero-order valence-corrected chi connectivity index (χ0v) is 8.94. The molecule has 0 amide bonds. The van der Waals surface area contributed by atoms with Crippen LogP contribution in [-0.2, 0) is 13.7 Å². The number of hydrogen-bond donors (Lipinski definition) is 1. The zero-order chi connectivity index (χ0) is 10.8. The molecular formula is C12H14N2O. The van der Waals surface area contributed by atoms with Gasteiger partial charge in [0, 0.05) is 18.8 Å². The maximum absolute atomic E-state index is 9.04. The van der Waals surface area contributed by atoms with Crippen molar-refractivity contribution in [1.82, 2.24) is 9.55 Å². The molecule has 1 N–H and O–H groups in total. The predicted molar refractivity (Wildman–Crippen MR) is 59.3 cm³/mol. The molecule has 1 aromatic carbocycles. The van der Waals surface area contributed by atoms with Crippen LogP contribution in [0.15, 0.2) is 30.5 Å². The largest absolute Gasteiger partial charge is 0.388 e. The van der Waals surface area contributed by atoms with E-state index in [-0.39, 0.29) is 6.61 Å². The van der Waals surface area contributed by atoms with Gasteiger partial charge in [-0.1, -0.05) is 29.8 Å². The Morgan fingerprint density at radius 2 is 1.93 bits per heavy atom. The monoisotopic (exact) mass is 202 g/mol. The summed E-state index contributed by atoms with van der Waals surface area (Å²) >= 11 is 0. The molecule has 0 spiro atoms. The minimum Gasteiger partial charge on any atom is -0.388 e. The average Bonchev–Trinajstić information content (AvgIpc) is 2.61. The Morgan fingerprint density at radius 3 is 2.47 bits per heavy atom. The van der Waals surface area contributed by atoms with Gasteiger partial charge in [-0.05, 0) is 6.92 Å². The second-order valence-corrected chi connectivity index (χ2v) is 3.68. The lowest BCUT2D eigenvalue weighted by molar-refractivity contribution is 0.267. The fraction of sp³-hybridized carbons (Fsp3) is 0.250. The Hall–Kier alpha value is -1.61. The van der Waals surface area contributed by atoms with E-state index in [4.69, 9.17) is 5.11 Å². The minimum atomic E-state index is -0.0254. The summed E-state index contributed by atoms with van der Waals surface area (Å²) in [6.45, 7) is 2.03. The molecule has 0 atom stereocenters. The smallest absolute Gasteiger partial charge is 0.134 e. The Morgan fingerprint density at radius 1 is 1.27 bits per heavy atom. The van der Waals surface area contributed by atoms with Crippen LogP contribution in [-0.4, -0.2) is 14.7 Å². The lowest BCUT2D eigenvalue weighted by Gasteiger charge is -1.96. The molecule has 0 aliphatic rings. The van der Waals surface area contributed by atoms with E-state index >= 15 is 0 Å². The van der Waals surface area contributed by atoms with Crippen LogP contribution in [0.4, 0.5) is 0 Å². The van der Waals surface area contributed by atoms with Crippen molar-refractivity contribution >= 4 is 0 Å². The molecule has 15 heavy (non-hydrogen) atoms. The summed E-state index contributed by atoms with van der Waals surface area (Å²) in [6.07, 6.45) is 1.93. The topological polar surface area (TPSA) is 38.0 Å². The van der Waals surface area contributed by atoms with Gasteiger partial charge in [0.15, 0.2) is 0 Å². The lowest BCUT2D eigenvalue weighted by atomic mass is 10.1. The molecule has 3 nitrogen and oxygen atoms in total. The van der Waals surface area contributed by atoms with Gasteiger partial charge in [0.25, 0.3) is 0 Å². The Bertz CT molecular complexity index is 457. The van der Waals surface area contributed by atoms with Gasteiger partial charge < -0.3 is 9.67 Å². The third kappa shape index (κ3) is 1.92. The fourth-order valence-electron chi connectivity index (χ4n) is 1.52. The first-order valence-electron chi connectivity index (χ1n) is 4.91. The highest BCUT2D eigenvalue weighted by Crippen LogP contribution is 2.18. The summed E-state index contributed by atoms with van der Waals surface area (Å²) < 4.78 is 1.84.